The summed E-state index contributed by atoms with van der Waals surface area (Å²) in [5.41, 5.74) is 3.11. The molecule has 0 unspecified atom stereocenters. The molecule has 2 aromatic carbocycles. The van der Waals surface area contributed by atoms with Gasteiger partial charge in [0.25, 0.3) is 0 Å². The molecule has 2 rings (SSSR count). The zero-order chi connectivity index (χ0) is 18.4. The van der Waals surface area contributed by atoms with Crippen molar-refractivity contribution in [2.24, 2.45) is 0 Å². The molecule has 0 amide bonds. The first-order chi connectivity index (χ1) is 11.9. The number of carbonyl (C=O) groups is 2. The number of aliphatic carboxylic acids is 1. The van der Waals surface area contributed by atoms with Crippen LogP contribution in [0.5, 0.6) is 5.75 Å². The second kappa shape index (κ2) is 8.29. The van der Waals surface area contributed by atoms with E-state index in [0.29, 0.717) is 22.8 Å². The smallest absolute Gasteiger partial charge is 0.307 e. The average molecular weight is 338 g/mol. The largest absolute Gasteiger partial charge is 0.496 e. The molecule has 2 aromatic rings. The fourth-order valence-corrected chi connectivity index (χ4v) is 2.49. The maximum atomic E-state index is 12.4. The molecule has 0 atom stereocenters. The lowest BCUT2D eigenvalue weighted by atomic mass is 10.0. The number of methoxy groups -OCH3 is 1. The standard InChI is InChI=1S/C21H22O4/c1-14(2)16-7-4-15(5-8-16)6-10-19(22)17-9-11-20(25-3)18(12-17)13-21(23)24/h4-12,14H,13H2,1-3H3,(H,23,24)/b10-6+. The lowest BCUT2D eigenvalue weighted by molar-refractivity contribution is -0.136. The molecule has 0 aliphatic rings. The highest BCUT2D eigenvalue weighted by Gasteiger charge is 2.11. The summed E-state index contributed by atoms with van der Waals surface area (Å²) in [6, 6.07) is 12.9. The number of hydrogen-bond acceptors (Lipinski definition) is 3. The van der Waals surface area contributed by atoms with Gasteiger partial charge in [-0.15, -0.1) is 0 Å². The summed E-state index contributed by atoms with van der Waals surface area (Å²) in [4.78, 5) is 23.3. The van der Waals surface area contributed by atoms with E-state index in [1.54, 1.807) is 24.3 Å². The van der Waals surface area contributed by atoms with Gasteiger partial charge < -0.3 is 9.84 Å². The first-order valence-corrected chi connectivity index (χ1v) is 8.11. The predicted molar refractivity (Wildman–Crippen MR) is 98.2 cm³/mol. The summed E-state index contributed by atoms with van der Waals surface area (Å²) in [5.74, 6) is -0.218. The first-order valence-electron chi connectivity index (χ1n) is 8.11. The number of carboxylic acid groups (broad SMARTS) is 1. The van der Waals surface area contributed by atoms with Gasteiger partial charge in [-0.2, -0.15) is 0 Å². The number of rotatable bonds is 7. The van der Waals surface area contributed by atoms with E-state index in [4.69, 9.17) is 9.84 Å². The normalized spacial score (nSPS) is 11.0. The Kier molecular flexibility index (Phi) is 6.12. The van der Waals surface area contributed by atoms with Gasteiger partial charge in [-0.05, 0) is 41.3 Å². The van der Waals surface area contributed by atoms with Gasteiger partial charge in [0, 0.05) is 11.1 Å². The molecule has 0 fully saturated rings. The summed E-state index contributed by atoms with van der Waals surface area (Å²) < 4.78 is 5.15. The van der Waals surface area contributed by atoms with Gasteiger partial charge in [0.05, 0.1) is 13.5 Å². The second-order valence-electron chi connectivity index (χ2n) is 6.12. The molecule has 0 spiro atoms. The lowest BCUT2D eigenvalue weighted by Crippen LogP contribution is -2.04. The Hall–Kier alpha value is -2.88. The van der Waals surface area contributed by atoms with E-state index in [1.807, 2.05) is 24.3 Å². The minimum Gasteiger partial charge on any atom is -0.496 e. The highest BCUT2D eigenvalue weighted by Crippen LogP contribution is 2.21. The molecule has 0 aromatic heterocycles. The molecule has 130 valence electrons. The van der Waals surface area contributed by atoms with Crippen LogP contribution in [0.3, 0.4) is 0 Å². The summed E-state index contributed by atoms with van der Waals surface area (Å²) in [7, 11) is 1.48. The molecule has 0 bridgehead atoms. The van der Waals surface area contributed by atoms with Crippen molar-refractivity contribution in [1.82, 2.24) is 0 Å². The third-order valence-electron chi connectivity index (χ3n) is 3.94. The van der Waals surface area contributed by atoms with Crippen molar-refractivity contribution in [1.29, 1.82) is 0 Å². The van der Waals surface area contributed by atoms with Gasteiger partial charge in [0.2, 0.25) is 0 Å². The Morgan fingerprint density at radius 3 is 2.36 bits per heavy atom. The summed E-state index contributed by atoms with van der Waals surface area (Å²) in [6.07, 6.45) is 3.06. The quantitative estimate of drug-likeness (QED) is 0.602. The van der Waals surface area contributed by atoms with Crippen LogP contribution in [-0.4, -0.2) is 24.0 Å². The molecule has 4 heteroatoms. The molecule has 1 N–H and O–H groups in total. The molecule has 0 aliphatic heterocycles. The van der Waals surface area contributed by atoms with Crippen LogP contribution in [0, 0.1) is 0 Å². The number of ketones is 1. The van der Waals surface area contributed by atoms with Crippen LogP contribution < -0.4 is 4.74 Å². The highest BCUT2D eigenvalue weighted by atomic mass is 16.5. The fourth-order valence-electron chi connectivity index (χ4n) is 2.49. The maximum Gasteiger partial charge on any atom is 0.307 e. The zero-order valence-electron chi connectivity index (χ0n) is 14.7. The predicted octanol–water partition coefficient (Wildman–Crippen LogP) is 4.34. The van der Waals surface area contributed by atoms with Crippen molar-refractivity contribution >= 4 is 17.8 Å². The van der Waals surface area contributed by atoms with Gasteiger partial charge in [-0.25, -0.2) is 0 Å². The van der Waals surface area contributed by atoms with E-state index in [1.165, 1.54) is 18.7 Å². The minimum atomic E-state index is -0.969. The van der Waals surface area contributed by atoms with E-state index < -0.39 is 5.97 Å². The molecule has 0 heterocycles. The molecule has 0 aliphatic carbocycles. The molecule has 4 nitrogen and oxygen atoms in total. The minimum absolute atomic E-state index is 0.178. The number of hydrogen-bond donors (Lipinski definition) is 1. The van der Waals surface area contributed by atoms with Crippen molar-refractivity contribution in [3.63, 3.8) is 0 Å². The van der Waals surface area contributed by atoms with Gasteiger partial charge in [-0.3, -0.25) is 9.59 Å². The second-order valence-corrected chi connectivity index (χ2v) is 6.12. The monoisotopic (exact) mass is 338 g/mol. The van der Waals surface area contributed by atoms with Crippen LogP contribution in [0.1, 0.15) is 46.8 Å². The van der Waals surface area contributed by atoms with Gasteiger partial charge in [0.15, 0.2) is 5.78 Å². The Bertz CT molecular complexity index is 786. The molecule has 0 radical (unpaired) electrons. The van der Waals surface area contributed by atoms with Crippen LogP contribution in [0.2, 0.25) is 0 Å². The van der Waals surface area contributed by atoms with Crippen LogP contribution in [0.25, 0.3) is 6.08 Å². The zero-order valence-corrected chi connectivity index (χ0v) is 14.7. The summed E-state index contributed by atoms with van der Waals surface area (Å²) in [6.45, 7) is 4.26. The summed E-state index contributed by atoms with van der Waals surface area (Å²) >= 11 is 0. The van der Waals surface area contributed by atoms with E-state index in [-0.39, 0.29) is 12.2 Å². The third-order valence-corrected chi connectivity index (χ3v) is 3.94. The molecule has 25 heavy (non-hydrogen) atoms. The molecular formula is C21H22O4. The fraction of sp³-hybridized carbons (Fsp3) is 0.238. The van der Waals surface area contributed by atoms with Crippen molar-refractivity contribution in [3.05, 3.63) is 70.8 Å². The Morgan fingerprint density at radius 1 is 1.12 bits per heavy atom. The summed E-state index contributed by atoms with van der Waals surface area (Å²) in [5, 5.41) is 8.98. The topological polar surface area (TPSA) is 63.6 Å². The van der Waals surface area contributed by atoms with Gasteiger partial charge in [0.1, 0.15) is 5.75 Å². The first kappa shape index (κ1) is 18.5. The van der Waals surface area contributed by atoms with Gasteiger partial charge >= 0.3 is 5.97 Å². The van der Waals surface area contributed by atoms with Crippen molar-refractivity contribution in [2.45, 2.75) is 26.2 Å². The van der Waals surface area contributed by atoms with E-state index >= 15 is 0 Å². The molecular weight excluding hydrogens is 316 g/mol. The van der Waals surface area contributed by atoms with E-state index in [0.717, 1.165) is 5.56 Å². The molecule has 0 saturated carbocycles. The average Bonchev–Trinajstić information content (AvgIpc) is 2.59. The maximum absolute atomic E-state index is 12.4. The van der Waals surface area contributed by atoms with E-state index in [2.05, 4.69) is 13.8 Å². The SMILES string of the molecule is COc1ccc(C(=O)/C=C/c2ccc(C(C)C)cc2)cc1CC(=O)O. The Morgan fingerprint density at radius 2 is 1.80 bits per heavy atom. The van der Waals surface area contributed by atoms with Crippen LogP contribution in [0.4, 0.5) is 0 Å². The number of allylic oxidation sites excluding steroid dienone is 1. The van der Waals surface area contributed by atoms with Crippen molar-refractivity contribution in [3.8, 4) is 5.75 Å². The van der Waals surface area contributed by atoms with Crippen molar-refractivity contribution in [2.75, 3.05) is 7.11 Å². The Balaban J connectivity index is 2.18. The van der Waals surface area contributed by atoms with Crippen molar-refractivity contribution < 1.29 is 19.4 Å². The third kappa shape index (κ3) is 5.05. The van der Waals surface area contributed by atoms with E-state index in [9.17, 15) is 9.59 Å². The lowest BCUT2D eigenvalue weighted by Gasteiger charge is -2.08. The Labute approximate surface area is 147 Å². The molecule has 0 saturated heterocycles. The van der Waals surface area contributed by atoms with Crippen LogP contribution >= 0.6 is 0 Å². The number of carbonyl (C=O) groups excluding carboxylic acids is 1. The van der Waals surface area contributed by atoms with Gasteiger partial charge in [-0.1, -0.05) is 44.2 Å². The number of ether oxygens (including phenoxy) is 1. The highest BCUT2D eigenvalue weighted by molar-refractivity contribution is 6.07. The van der Waals surface area contributed by atoms with Crippen LogP contribution in [-0.2, 0) is 11.2 Å². The number of benzene rings is 2. The number of carboxylic acids is 1. The van der Waals surface area contributed by atoms with Crippen LogP contribution in [0.15, 0.2) is 48.5 Å².